The van der Waals surface area contributed by atoms with Gasteiger partial charge >= 0.3 is 11.9 Å². The molecule has 4 heteroatoms. The van der Waals surface area contributed by atoms with Crippen molar-refractivity contribution in [2.24, 2.45) is 0 Å². The summed E-state index contributed by atoms with van der Waals surface area (Å²) in [6.07, 6.45) is 0. The standard InChI is InChI=1S/C10H11NO3/c1-7-4-3-5-8(6-7)11-9(12)10(13)14-2/h3-6H,1-2H3,(H,11,12). The van der Waals surface area contributed by atoms with Crippen LogP contribution in [0.5, 0.6) is 0 Å². The number of carbonyl (C=O) groups excluding carboxylic acids is 2. The molecule has 0 saturated carbocycles. The molecule has 1 rings (SSSR count). The van der Waals surface area contributed by atoms with Crippen LogP contribution in [0, 0.1) is 6.92 Å². The van der Waals surface area contributed by atoms with Gasteiger partial charge in [0.05, 0.1) is 7.11 Å². The Kier molecular flexibility index (Phi) is 3.23. The van der Waals surface area contributed by atoms with Gasteiger partial charge in [0, 0.05) is 5.69 Å². The van der Waals surface area contributed by atoms with Crippen molar-refractivity contribution in [2.45, 2.75) is 6.92 Å². The molecule has 0 atom stereocenters. The Bertz CT molecular complexity index is 360. The Balaban J connectivity index is 2.70. The van der Waals surface area contributed by atoms with E-state index in [2.05, 4.69) is 10.1 Å². The first kappa shape index (κ1) is 10.2. The molecule has 14 heavy (non-hydrogen) atoms. The lowest BCUT2D eigenvalue weighted by Crippen LogP contribution is -2.23. The molecule has 1 N–H and O–H groups in total. The molecule has 0 heterocycles. The van der Waals surface area contributed by atoms with Gasteiger partial charge in [-0.25, -0.2) is 4.79 Å². The number of carbonyl (C=O) groups is 2. The van der Waals surface area contributed by atoms with Gasteiger partial charge in [-0.2, -0.15) is 0 Å². The van der Waals surface area contributed by atoms with Crippen molar-refractivity contribution in [3.8, 4) is 0 Å². The summed E-state index contributed by atoms with van der Waals surface area (Å²) >= 11 is 0. The summed E-state index contributed by atoms with van der Waals surface area (Å²) < 4.78 is 4.26. The topological polar surface area (TPSA) is 55.4 Å². The zero-order valence-electron chi connectivity index (χ0n) is 8.03. The van der Waals surface area contributed by atoms with Crippen molar-refractivity contribution in [1.82, 2.24) is 0 Å². The summed E-state index contributed by atoms with van der Waals surface area (Å²) in [5.41, 5.74) is 1.59. The van der Waals surface area contributed by atoms with Gasteiger partial charge in [0.1, 0.15) is 0 Å². The molecule has 1 aromatic carbocycles. The second-order valence-electron chi connectivity index (χ2n) is 2.82. The third kappa shape index (κ3) is 2.58. The third-order valence-corrected chi connectivity index (χ3v) is 1.65. The molecule has 0 unspecified atom stereocenters. The van der Waals surface area contributed by atoms with Crippen LogP contribution < -0.4 is 5.32 Å². The number of ether oxygens (including phenoxy) is 1. The van der Waals surface area contributed by atoms with Crippen LogP contribution in [0.2, 0.25) is 0 Å². The Morgan fingerprint density at radius 1 is 1.36 bits per heavy atom. The fourth-order valence-electron chi connectivity index (χ4n) is 0.998. The summed E-state index contributed by atoms with van der Waals surface area (Å²) in [6.45, 7) is 1.90. The third-order valence-electron chi connectivity index (χ3n) is 1.65. The number of rotatable bonds is 1. The van der Waals surface area contributed by atoms with E-state index < -0.39 is 11.9 Å². The molecular weight excluding hydrogens is 182 g/mol. The van der Waals surface area contributed by atoms with Gasteiger partial charge in [-0.15, -0.1) is 0 Å². The number of anilines is 1. The Morgan fingerprint density at radius 3 is 2.64 bits per heavy atom. The molecule has 4 nitrogen and oxygen atoms in total. The van der Waals surface area contributed by atoms with Crippen molar-refractivity contribution in [3.05, 3.63) is 29.8 Å². The van der Waals surface area contributed by atoms with Crippen molar-refractivity contribution in [3.63, 3.8) is 0 Å². The zero-order valence-corrected chi connectivity index (χ0v) is 8.03. The lowest BCUT2D eigenvalue weighted by Gasteiger charge is -2.03. The molecule has 0 saturated heterocycles. The molecule has 1 amide bonds. The van der Waals surface area contributed by atoms with E-state index in [0.717, 1.165) is 12.7 Å². The smallest absolute Gasteiger partial charge is 0.396 e. The number of benzene rings is 1. The maximum absolute atomic E-state index is 11.1. The molecule has 0 radical (unpaired) electrons. The second kappa shape index (κ2) is 4.41. The summed E-state index contributed by atoms with van der Waals surface area (Å²) in [7, 11) is 1.16. The molecule has 0 bridgehead atoms. The molecule has 0 aromatic heterocycles. The highest BCUT2D eigenvalue weighted by Crippen LogP contribution is 2.09. The number of esters is 1. The lowest BCUT2D eigenvalue weighted by atomic mass is 10.2. The minimum absolute atomic E-state index is 0.584. The maximum atomic E-state index is 11.1. The predicted octanol–water partition coefficient (Wildman–Crippen LogP) is 1.11. The number of nitrogens with one attached hydrogen (secondary N) is 1. The van der Waals surface area contributed by atoms with E-state index in [0.29, 0.717) is 5.69 Å². The first-order valence-electron chi connectivity index (χ1n) is 4.09. The van der Waals surface area contributed by atoms with E-state index in [-0.39, 0.29) is 0 Å². The average Bonchev–Trinajstić information content (AvgIpc) is 2.16. The van der Waals surface area contributed by atoms with Crippen LogP contribution in [0.15, 0.2) is 24.3 Å². The number of hydrogen-bond donors (Lipinski definition) is 1. The second-order valence-corrected chi connectivity index (χ2v) is 2.82. The van der Waals surface area contributed by atoms with Crippen molar-refractivity contribution in [1.29, 1.82) is 0 Å². The summed E-state index contributed by atoms with van der Waals surface area (Å²) in [6, 6.07) is 7.16. The summed E-state index contributed by atoms with van der Waals surface area (Å²) in [5.74, 6) is -1.66. The van der Waals surface area contributed by atoms with Crippen molar-refractivity contribution >= 4 is 17.6 Å². The van der Waals surface area contributed by atoms with Crippen LogP contribution in [0.4, 0.5) is 5.69 Å². The Hall–Kier alpha value is -1.84. The molecule has 0 spiro atoms. The van der Waals surface area contributed by atoms with Crippen LogP contribution in [0.3, 0.4) is 0 Å². The Labute approximate surface area is 81.9 Å². The van der Waals surface area contributed by atoms with E-state index in [1.54, 1.807) is 18.2 Å². The van der Waals surface area contributed by atoms with E-state index in [9.17, 15) is 9.59 Å². The van der Waals surface area contributed by atoms with E-state index >= 15 is 0 Å². The number of aryl methyl sites for hydroxylation is 1. The SMILES string of the molecule is COC(=O)C(=O)Nc1cccc(C)c1. The van der Waals surface area contributed by atoms with Crippen LogP contribution in [-0.2, 0) is 14.3 Å². The highest BCUT2D eigenvalue weighted by atomic mass is 16.5. The monoisotopic (exact) mass is 193 g/mol. The Morgan fingerprint density at radius 2 is 2.07 bits per heavy atom. The van der Waals surface area contributed by atoms with Crippen molar-refractivity contribution in [2.75, 3.05) is 12.4 Å². The molecular formula is C10H11NO3. The first-order valence-corrected chi connectivity index (χ1v) is 4.09. The predicted molar refractivity (Wildman–Crippen MR) is 51.8 cm³/mol. The highest BCUT2D eigenvalue weighted by molar-refractivity contribution is 6.37. The fraction of sp³-hybridized carbons (Fsp3) is 0.200. The van der Waals surface area contributed by atoms with Crippen LogP contribution in [0.25, 0.3) is 0 Å². The fourth-order valence-corrected chi connectivity index (χ4v) is 0.998. The van der Waals surface area contributed by atoms with Crippen LogP contribution >= 0.6 is 0 Å². The van der Waals surface area contributed by atoms with Crippen molar-refractivity contribution < 1.29 is 14.3 Å². The summed E-state index contributed by atoms with van der Waals surface area (Å²) in [4.78, 5) is 21.8. The number of hydrogen-bond acceptors (Lipinski definition) is 3. The molecule has 0 aliphatic heterocycles. The molecule has 0 aliphatic rings. The minimum atomic E-state index is -0.897. The van der Waals surface area contributed by atoms with Gasteiger partial charge in [0.2, 0.25) is 0 Å². The van der Waals surface area contributed by atoms with E-state index in [1.165, 1.54) is 0 Å². The first-order chi connectivity index (χ1) is 6.63. The lowest BCUT2D eigenvalue weighted by molar-refractivity contribution is -0.150. The highest BCUT2D eigenvalue weighted by Gasteiger charge is 2.13. The van der Waals surface area contributed by atoms with Gasteiger partial charge in [-0.1, -0.05) is 12.1 Å². The summed E-state index contributed by atoms with van der Waals surface area (Å²) in [5, 5.41) is 2.42. The quantitative estimate of drug-likeness (QED) is 0.537. The van der Waals surface area contributed by atoms with Gasteiger partial charge in [0.15, 0.2) is 0 Å². The van der Waals surface area contributed by atoms with Gasteiger partial charge in [-0.3, -0.25) is 4.79 Å². The molecule has 0 fully saturated rings. The minimum Gasteiger partial charge on any atom is -0.462 e. The van der Waals surface area contributed by atoms with Gasteiger partial charge in [-0.05, 0) is 24.6 Å². The number of amides is 1. The van der Waals surface area contributed by atoms with Crippen LogP contribution in [-0.4, -0.2) is 19.0 Å². The molecule has 1 aromatic rings. The van der Waals surface area contributed by atoms with E-state index in [4.69, 9.17) is 0 Å². The van der Waals surface area contributed by atoms with E-state index in [1.807, 2.05) is 13.0 Å². The largest absolute Gasteiger partial charge is 0.462 e. The van der Waals surface area contributed by atoms with Gasteiger partial charge in [0.25, 0.3) is 0 Å². The zero-order chi connectivity index (χ0) is 10.6. The normalized spacial score (nSPS) is 9.29. The number of methoxy groups -OCH3 is 1. The van der Waals surface area contributed by atoms with Gasteiger partial charge < -0.3 is 10.1 Å². The maximum Gasteiger partial charge on any atom is 0.396 e. The average molecular weight is 193 g/mol. The molecule has 74 valence electrons. The molecule has 0 aliphatic carbocycles. The van der Waals surface area contributed by atoms with Crippen LogP contribution in [0.1, 0.15) is 5.56 Å².